The molecule has 0 aromatic heterocycles. The van der Waals surface area contributed by atoms with Crippen molar-refractivity contribution in [1.29, 1.82) is 0 Å². The van der Waals surface area contributed by atoms with E-state index in [4.69, 9.17) is 0 Å². The molecule has 1 heterocycles. The molecule has 2 heteroatoms. The molecule has 1 aliphatic heterocycles. The molecule has 2 nitrogen and oxygen atoms in total. The van der Waals surface area contributed by atoms with Crippen molar-refractivity contribution >= 4 is 0 Å². The second kappa shape index (κ2) is 5.13. The van der Waals surface area contributed by atoms with Crippen molar-refractivity contribution in [3.05, 3.63) is 0 Å². The van der Waals surface area contributed by atoms with Gasteiger partial charge in [-0.05, 0) is 32.2 Å². The highest BCUT2D eigenvalue weighted by Crippen LogP contribution is 2.22. The average Bonchev–Trinajstić information content (AvgIpc) is 2.12. The van der Waals surface area contributed by atoms with E-state index in [1.165, 1.54) is 25.9 Å². The summed E-state index contributed by atoms with van der Waals surface area (Å²) >= 11 is 0. The molecule has 1 aliphatic rings. The van der Waals surface area contributed by atoms with Crippen LogP contribution in [0.25, 0.3) is 0 Å². The van der Waals surface area contributed by atoms with Gasteiger partial charge in [0.15, 0.2) is 0 Å². The second-order valence-electron chi connectivity index (χ2n) is 5.02. The van der Waals surface area contributed by atoms with E-state index in [1.807, 2.05) is 6.92 Å². The number of likely N-dealkylation sites (tertiary alicyclic amines) is 1. The van der Waals surface area contributed by atoms with Gasteiger partial charge in [-0.3, -0.25) is 0 Å². The topological polar surface area (TPSA) is 23.5 Å². The van der Waals surface area contributed by atoms with E-state index < -0.39 is 5.60 Å². The standard InChI is InChI=1S/C12H25NO/c1-4-11(5-2)9-13-8-6-7-12(3,14)10-13/h11,14H,4-10H2,1-3H3. The van der Waals surface area contributed by atoms with E-state index in [0.717, 1.165) is 25.3 Å². The summed E-state index contributed by atoms with van der Waals surface area (Å²) in [5.41, 5.74) is -0.440. The van der Waals surface area contributed by atoms with Crippen molar-refractivity contribution in [3.63, 3.8) is 0 Å². The number of aliphatic hydroxyl groups is 1. The Hall–Kier alpha value is -0.0800. The first-order valence-electron chi connectivity index (χ1n) is 6.02. The SMILES string of the molecule is CCC(CC)CN1CCCC(C)(O)C1. The van der Waals surface area contributed by atoms with Crippen molar-refractivity contribution in [2.24, 2.45) is 5.92 Å². The molecule has 0 radical (unpaired) electrons. The lowest BCUT2D eigenvalue weighted by Crippen LogP contribution is -2.47. The van der Waals surface area contributed by atoms with E-state index in [0.29, 0.717) is 0 Å². The first-order valence-corrected chi connectivity index (χ1v) is 6.02. The Morgan fingerprint density at radius 1 is 1.36 bits per heavy atom. The predicted octanol–water partition coefficient (Wildman–Crippen LogP) is 2.27. The monoisotopic (exact) mass is 199 g/mol. The molecule has 1 atom stereocenters. The van der Waals surface area contributed by atoms with Gasteiger partial charge in [-0.15, -0.1) is 0 Å². The molecular weight excluding hydrogens is 174 g/mol. The minimum atomic E-state index is -0.440. The van der Waals surface area contributed by atoms with E-state index in [1.54, 1.807) is 0 Å². The van der Waals surface area contributed by atoms with Crippen LogP contribution in [0.3, 0.4) is 0 Å². The van der Waals surface area contributed by atoms with Crippen LogP contribution < -0.4 is 0 Å². The van der Waals surface area contributed by atoms with Gasteiger partial charge >= 0.3 is 0 Å². The van der Waals surface area contributed by atoms with E-state index in [-0.39, 0.29) is 0 Å². The fourth-order valence-electron chi connectivity index (χ4n) is 2.39. The van der Waals surface area contributed by atoms with Gasteiger partial charge in [-0.25, -0.2) is 0 Å². The summed E-state index contributed by atoms with van der Waals surface area (Å²) in [6, 6.07) is 0. The Morgan fingerprint density at radius 3 is 2.50 bits per heavy atom. The Labute approximate surface area is 88.3 Å². The van der Waals surface area contributed by atoms with E-state index in [9.17, 15) is 5.11 Å². The van der Waals surface area contributed by atoms with Crippen molar-refractivity contribution in [2.75, 3.05) is 19.6 Å². The molecule has 0 aromatic rings. The van der Waals surface area contributed by atoms with Crippen LogP contribution in [-0.4, -0.2) is 35.2 Å². The predicted molar refractivity (Wildman–Crippen MR) is 60.4 cm³/mol. The van der Waals surface area contributed by atoms with Crippen LogP contribution in [0.2, 0.25) is 0 Å². The fourth-order valence-corrected chi connectivity index (χ4v) is 2.39. The van der Waals surface area contributed by atoms with Crippen molar-refractivity contribution in [2.45, 2.75) is 52.1 Å². The Bertz CT molecular complexity index is 164. The summed E-state index contributed by atoms with van der Waals surface area (Å²) in [4.78, 5) is 2.43. The van der Waals surface area contributed by atoms with Crippen LogP contribution in [0.4, 0.5) is 0 Å². The molecule has 1 saturated heterocycles. The van der Waals surface area contributed by atoms with E-state index >= 15 is 0 Å². The Morgan fingerprint density at radius 2 is 2.00 bits per heavy atom. The number of hydrogen-bond donors (Lipinski definition) is 1. The van der Waals surface area contributed by atoms with Crippen molar-refractivity contribution in [1.82, 2.24) is 4.90 Å². The van der Waals surface area contributed by atoms with Crippen LogP contribution in [-0.2, 0) is 0 Å². The molecule has 0 spiro atoms. The number of nitrogens with zero attached hydrogens (tertiary/aromatic N) is 1. The van der Waals surface area contributed by atoms with Crippen LogP contribution >= 0.6 is 0 Å². The second-order valence-corrected chi connectivity index (χ2v) is 5.02. The molecule has 0 bridgehead atoms. The van der Waals surface area contributed by atoms with Crippen LogP contribution in [0.5, 0.6) is 0 Å². The van der Waals surface area contributed by atoms with Crippen molar-refractivity contribution in [3.8, 4) is 0 Å². The quantitative estimate of drug-likeness (QED) is 0.751. The van der Waals surface area contributed by atoms with Crippen LogP contribution in [0.1, 0.15) is 46.5 Å². The molecule has 0 amide bonds. The Kier molecular flexibility index (Phi) is 4.39. The lowest BCUT2D eigenvalue weighted by molar-refractivity contribution is -0.0201. The molecule has 84 valence electrons. The van der Waals surface area contributed by atoms with Crippen LogP contribution in [0, 0.1) is 5.92 Å². The molecule has 1 unspecified atom stereocenters. The summed E-state index contributed by atoms with van der Waals surface area (Å²) in [6.07, 6.45) is 4.63. The fraction of sp³-hybridized carbons (Fsp3) is 1.00. The summed E-state index contributed by atoms with van der Waals surface area (Å²) in [6.45, 7) is 9.69. The van der Waals surface area contributed by atoms with Gasteiger partial charge in [0.1, 0.15) is 0 Å². The van der Waals surface area contributed by atoms with Gasteiger partial charge in [0.2, 0.25) is 0 Å². The maximum atomic E-state index is 9.96. The minimum Gasteiger partial charge on any atom is -0.389 e. The molecular formula is C12H25NO. The lowest BCUT2D eigenvalue weighted by atomic mass is 9.93. The van der Waals surface area contributed by atoms with Gasteiger partial charge in [0, 0.05) is 13.1 Å². The number of rotatable bonds is 4. The highest BCUT2D eigenvalue weighted by atomic mass is 16.3. The molecule has 1 rings (SSSR count). The molecule has 1 N–H and O–H groups in total. The first kappa shape index (κ1) is 12.0. The third kappa shape index (κ3) is 3.58. The minimum absolute atomic E-state index is 0.440. The van der Waals surface area contributed by atoms with Gasteiger partial charge in [-0.2, -0.15) is 0 Å². The molecule has 0 aliphatic carbocycles. The van der Waals surface area contributed by atoms with Crippen molar-refractivity contribution < 1.29 is 5.11 Å². The van der Waals surface area contributed by atoms with Gasteiger partial charge < -0.3 is 10.0 Å². The van der Waals surface area contributed by atoms with E-state index in [2.05, 4.69) is 18.7 Å². The molecule has 1 fully saturated rings. The zero-order valence-electron chi connectivity index (χ0n) is 9.92. The normalized spacial score (nSPS) is 29.8. The highest BCUT2D eigenvalue weighted by Gasteiger charge is 2.28. The Balaban J connectivity index is 2.37. The summed E-state index contributed by atoms with van der Waals surface area (Å²) in [5, 5.41) is 9.96. The number of hydrogen-bond acceptors (Lipinski definition) is 2. The van der Waals surface area contributed by atoms with Crippen LogP contribution in [0.15, 0.2) is 0 Å². The smallest absolute Gasteiger partial charge is 0.0746 e. The number of piperidine rings is 1. The molecule has 0 aromatic carbocycles. The number of β-amino-alcohol motifs (C(OH)–C–C–N with tert-alkyl or cyclic N) is 1. The molecule has 0 saturated carbocycles. The maximum Gasteiger partial charge on any atom is 0.0746 e. The molecule has 14 heavy (non-hydrogen) atoms. The summed E-state index contributed by atoms with van der Waals surface area (Å²) in [5.74, 6) is 0.809. The van der Waals surface area contributed by atoms with Gasteiger partial charge in [0.05, 0.1) is 5.60 Å². The third-order valence-corrected chi connectivity index (χ3v) is 3.43. The zero-order valence-corrected chi connectivity index (χ0v) is 9.92. The summed E-state index contributed by atoms with van der Waals surface area (Å²) < 4.78 is 0. The highest BCUT2D eigenvalue weighted by molar-refractivity contribution is 4.83. The summed E-state index contributed by atoms with van der Waals surface area (Å²) in [7, 11) is 0. The van der Waals surface area contributed by atoms with Gasteiger partial charge in [0.25, 0.3) is 0 Å². The first-order chi connectivity index (χ1) is 6.57. The maximum absolute atomic E-state index is 9.96. The zero-order chi connectivity index (χ0) is 10.6. The lowest BCUT2D eigenvalue weighted by Gasteiger charge is -2.38. The largest absolute Gasteiger partial charge is 0.389 e. The third-order valence-electron chi connectivity index (χ3n) is 3.43. The average molecular weight is 199 g/mol. The van der Waals surface area contributed by atoms with Gasteiger partial charge in [-0.1, -0.05) is 26.7 Å².